The van der Waals surface area contributed by atoms with Crippen LogP contribution in [-0.4, -0.2) is 42.9 Å². The highest BCUT2D eigenvalue weighted by Crippen LogP contribution is 2.29. The van der Waals surface area contributed by atoms with E-state index >= 15 is 0 Å². The van der Waals surface area contributed by atoms with Gasteiger partial charge in [-0.3, -0.25) is 4.79 Å². The summed E-state index contributed by atoms with van der Waals surface area (Å²) in [7, 11) is -3.82. The number of aromatic nitrogens is 1. The summed E-state index contributed by atoms with van der Waals surface area (Å²) in [5.74, 6) is -0.223. The Balaban J connectivity index is 1.82. The quantitative estimate of drug-likeness (QED) is 0.715. The second-order valence-electron chi connectivity index (χ2n) is 7.33. The molecule has 0 spiro atoms. The van der Waals surface area contributed by atoms with Crippen molar-refractivity contribution in [1.29, 1.82) is 0 Å². The molecule has 0 radical (unpaired) electrons. The van der Waals surface area contributed by atoms with Crippen LogP contribution in [0.1, 0.15) is 49.4 Å². The molecule has 0 aliphatic carbocycles. The fraction of sp³-hybridized carbons (Fsp3) is 0.500. The topological polar surface area (TPSA) is 92.5 Å². The van der Waals surface area contributed by atoms with Crippen LogP contribution in [0.5, 0.6) is 0 Å². The van der Waals surface area contributed by atoms with E-state index in [1.807, 2.05) is 37.4 Å². The number of piperidine rings is 1. The van der Waals surface area contributed by atoms with E-state index in [1.54, 1.807) is 24.3 Å². The number of sulfonamides is 1. The Morgan fingerprint density at radius 2 is 2.28 bits per heavy atom. The predicted octanol–water partition coefficient (Wildman–Crippen LogP) is 3.53. The van der Waals surface area contributed by atoms with E-state index in [4.69, 9.17) is 4.52 Å². The Morgan fingerprint density at radius 1 is 1.48 bits per heavy atom. The summed E-state index contributed by atoms with van der Waals surface area (Å²) in [5, 5.41) is 8.78. The van der Waals surface area contributed by atoms with Crippen molar-refractivity contribution in [3.8, 4) is 0 Å². The molecule has 7 nitrogen and oxygen atoms in total. The molecule has 0 unspecified atom stereocenters. The number of hydrogen-bond acceptors (Lipinski definition) is 6. The lowest BCUT2D eigenvalue weighted by Gasteiger charge is -2.31. The Labute approximate surface area is 175 Å². The lowest BCUT2D eigenvalue weighted by molar-refractivity contribution is -0.126. The maximum atomic E-state index is 13.4. The number of carbonyl (C=O) groups excluding carboxylic acids is 1. The molecule has 1 aliphatic heterocycles. The molecule has 9 heteroatoms. The molecule has 1 aliphatic rings. The zero-order chi connectivity index (χ0) is 21.0. The lowest BCUT2D eigenvalue weighted by atomic mass is 9.98. The molecule has 1 fully saturated rings. The monoisotopic (exact) mass is 437 g/mol. The maximum absolute atomic E-state index is 13.4. The van der Waals surface area contributed by atoms with E-state index in [0.717, 1.165) is 11.3 Å². The molecule has 3 rings (SSSR count). The summed E-state index contributed by atoms with van der Waals surface area (Å²) in [6, 6.07) is 3.93. The smallest absolute Gasteiger partial charge is 0.248 e. The molecule has 29 heavy (non-hydrogen) atoms. The van der Waals surface area contributed by atoms with E-state index in [1.165, 1.54) is 4.31 Å². The molecule has 0 aromatic carbocycles. The van der Waals surface area contributed by atoms with Crippen LogP contribution in [0.3, 0.4) is 0 Å². The zero-order valence-corrected chi connectivity index (χ0v) is 18.6. The van der Waals surface area contributed by atoms with Gasteiger partial charge in [-0.25, -0.2) is 8.42 Å². The first kappa shape index (κ1) is 21.7. The second-order valence-corrected chi connectivity index (χ2v) is 10.2. The molecule has 0 saturated carbocycles. The third-order valence-corrected chi connectivity index (χ3v) is 7.99. The third-order valence-electron chi connectivity index (χ3n) is 5.13. The number of hydrogen-bond donors (Lipinski definition) is 1. The first-order valence-electron chi connectivity index (χ1n) is 9.81. The van der Waals surface area contributed by atoms with Crippen molar-refractivity contribution in [2.75, 3.05) is 13.1 Å². The van der Waals surface area contributed by atoms with Gasteiger partial charge in [0, 0.05) is 24.0 Å². The molecular formula is C20H27N3O4S2. The van der Waals surface area contributed by atoms with Crippen LogP contribution in [0.4, 0.5) is 0 Å². The fourth-order valence-corrected chi connectivity index (χ4v) is 5.70. The van der Waals surface area contributed by atoms with Crippen LogP contribution >= 0.6 is 11.3 Å². The molecule has 2 aromatic rings. The summed E-state index contributed by atoms with van der Waals surface area (Å²) in [6.45, 7) is 6.12. The molecule has 3 heterocycles. The van der Waals surface area contributed by atoms with Crippen LogP contribution in [0.25, 0.3) is 12.2 Å². The van der Waals surface area contributed by atoms with Gasteiger partial charge < -0.3 is 9.84 Å². The molecule has 2 atom stereocenters. The Hall–Kier alpha value is -1.97. The van der Waals surface area contributed by atoms with Gasteiger partial charge in [0.15, 0.2) is 10.7 Å². The van der Waals surface area contributed by atoms with E-state index < -0.39 is 10.0 Å². The maximum Gasteiger partial charge on any atom is 0.248 e. The number of amides is 1. The van der Waals surface area contributed by atoms with Crippen molar-refractivity contribution >= 4 is 39.4 Å². The normalized spacial score (nSPS) is 19.5. The number of rotatable bonds is 7. The summed E-state index contributed by atoms with van der Waals surface area (Å²) >= 11 is 1.55. The number of carbonyl (C=O) groups is 1. The zero-order valence-electron chi connectivity index (χ0n) is 16.9. The molecule has 1 saturated heterocycles. The lowest BCUT2D eigenvalue weighted by Crippen LogP contribution is -2.47. The number of thiophene rings is 1. The van der Waals surface area contributed by atoms with Crippen molar-refractivity contribution in [3.63, 3.8) is 0 Å². The van der Waals surface area contributed by atoms with Gasteiger partial charge in [0.2, 0.25) is 15.9 Å². The van der Waals surface area contributed by atoms with E-state index in [2.05, 4.69) is 10.5 Å². The summed E-state index contributed by atoms with van der Waals surface area (Å²) in [6.07, 6.45) is 5.60. The van der Waals surface area contributed by atoms with Crippen LogP contribution < -0.4 is 5.32 Å². The van der Waals surface area contributed by atoms with E-state index in [0.29, 0.717) is 25.1 Å². The number of aryl methyl sites for hydroxylation is 1. The van der Waals surface area contributed by atoms with Gasteiger partial charge in [-0.05, 0) is 56.7 Å². The molecule has 2 aromatic heterocycles. The van der Waals surface area contributed by atoms with Gasteiger partial charge >= 0.3 is 0 Å². The highest BCUT2D eigenvalue weighted by Gasteiger charge is 2.37. The van der Waals surface area contributed by atoms with Gasteiger partial charge in [-0.1, -0.05) is 18.1 Å². The average molecular weight is 438 g/mol. The molecular weight excluding hydrogens is 410 g/mol. The summed E-state index contributed by atoms with van der Waals surface area (Å²) in [5.41, 5.74) is 0.321. The second kappa shape index (κ2) is 9.23. The van der Waals surface area contributed by atoms with Crippen molar-refractivity contribution < 1.29 is 17.7 Å². The minimum Gasteiger partial charge on any atom is -0.355 e. The SMILES string of the molecule is CC[C@H](C)NC(=O)[C@H]1CCCN(S(=O)(=O)c2c(C)noc2/C=C/c2cccs2)C1. The molecule has 0 bridgehead atoms. The van der Waals surface area contributed by atoms with Crippen LogP contribution in [0, 0.1) is 12.8 Å². The minimum atomic E-state index is -3.82. The van der Waals surface area contributed by atoms with Crippen molar-refractivity contribution in [3.05, 3.63) is 33.8 Å². The number of nitrogens with one attached hydrogen (secondary N) is 1. The van der Waals surface area contributed by atoms with Crippen molar-refractivity contribution in [2.45, 2.75) is 51.0 Å². The average Bonchev–Trinajstić information content (AvgIpc) is 3.36. The molecule has 1 amide bonds. The Kier molecular flexibility index (Phi) is 6.92. The van der Waals surface area contributed by atoms with Crippen LogP contribution in [-0.2, 0) is 14.8 Å². The van der Waals surface area contributed by atoms with Crippen LogP contribution in [0.15, 0.2) is 26.9 Å². The third kappa shape index (κ3) is 4.96. The molecule has 1 N–H and O–H groups in total. The highest BCUT2D eigenvalue weighted by atomic mass is 32.2. The van der Waals surface area contributed by atoms with Gasteiger partial charge in [-0.15, -0.1) is 11.3 Å². The van der Waals surface area contributed by atoms with Crippen molar-refractivity contribution in [1.82, 2.24) is 14.8 Å². The van der Waals surface area contributed by atoms with Crippen LogP contribution in [0.2, 0.25) is 0 Å². The summed E-state index contributed by atoms with van der Waals surface area (Å²) in [4.78, 5) is 13.6. The molecule has 158 valence electrons. The minimum absolute atomic E-state index is 0.0730. The van der Waals surface area contributed by atoms with Gasteiger partial charge in [0.05, 0.1) is 5.92 Å². The Bertz CT molecular complexity index is 964. The van der Waals surface area contributed by atoms with Gasteiger partial charge in [-0.2, -0.15) is 4.31 Å². The predicted molar refractivity (Wildman–Crippen MR) is 114 cm³/mol. The standard InChI is InChI=1S/C20H27N3O4S2/c1-4-14(2)21-20(24)16-7-5-11-23(13-16)29(25,26)19-15(3)22-27-18(19)10-9-17-8-6-12-28-17/h6,8-10,12,14,16H,4-5,7,11,13H2,1-3H3,(H,21,24)/b10-9+/t14-,16-/m0/s1. The van der Waals surface area contributed by atoms with Gasteiger partial charge in [0.1, 0.15) is 5.69 Å². The van der Waals surface area contributed by atoms with E-state index in [9.17, 15) is 13.2 Å². The fourth-order valence-electron chi connectivity index (χ4n) is 3.31. The summed E-state index contributed by atoms with van der Waals surface area (Å²) < 4.78 is 33.4. The van der Waals surface area contributed by atoms with E-state index in [-0.39, 0.29) is 35.1 Å². The van der Waals surface area contributed by atoms with Crippen molar-refractivity contribution in [2.24, 2.45) is 5.92 Å². The first-order chi connectivity index (χ1) is 13.8. The first-order valence-corrected chi connectivity index (χ1v) is 12.1. The van der Waals surface area contributed by atoms with Gasteiger partial charge in [0.25, 0.3) is 0 Å². The number of nitrogens with zero attached hydrogens (tertiary/aromatic N) is 2. The largest absolute Gasteiger partial charge is 0.355 e. The Morgan fingerprint density at radius 3 is 2.97 bits per heavy atom. The highest BCUT2D eigenvalue weighted by molar-refractivity contribution is 7.89.